The highest BCUT2D eigenvalue weighted by Gasteiger charge is 2.16. The van der Waals surface area contributed by atoms with E-state index in [4.69, 9.17) is 0 Å². The fourth-order valence-corrected chi connectivity index (χ4v) is 3.10. The second-order valence-electron chi connectivity index (χ2n) is 4.94. The third kappa shape index (κ3) is 4.68. The Hall–Kier alpha value is -0.540. The fraction of sp³-hybridized carbons (Fsp3) is 0.643. The van der Waals surface area contributed by atoms with Crippen LogP contribution in [0.5, 0.6) is 0 Å². The van der Waals surface area contributed by atoms with Gasteiger partial charge in [0.2, 0.25) is 0 Å². The van der Waals surface area contributed by atoms with Gasteiger partial charge in [-0.15, -0.1) is 11.8 Å². The predicted octanol–water partition coefficient (Wildman–Crippen LogP) is 3.34. The second kappa shape index (κ2) is 7.02. The molecule has 0 unspecified atom stereocenters. The Labute approximate surface area is 109 Å². The van der Waals surface area contributed by atoms with E-state index in [0.717, 1.165) is 24.3 Å². The van der Waals surface area contributed by atoms with Crippen molar-refractivity contribution in [3.8, 4) is 0 Å². The Morgan fingerprint density at radius 2 is 1.94 bits per heavy atom. The van der Waals surface area contributed by atoms with Crippen LogP contribution in [-0.4, -0.2) is 23.3 Å². The van der Waals surface area contributed by atoms with Crippen molar-refractivity contribution in [2.24, 2.45) is 5.92 Å². The monoisotopic (exact) mass is 250 g/mol. The molecule has 1 fully saturated rings. The molecule has 94 valence electrons. The summed E-state index contributed by atoms with van der Waals surface area (Å²) < 4.78 is 0. The lowest BCUT2D eigenvalue weighted by Gasteiger charge is -2.26. The number of thioether (sulfide) groups is 1. The predicted molar refractivity (Wildman–Crippen MR) is 74.4 cm³/mol. The summed E-state index contributed by atoms with van der Waals surface area (Å²) in [5.74, 6) is 2.09. The second-order valence-corrected chi connectivity index (χ2v) is 6.11. The number of hydrogen-bond donors (Lipinski definition) is 1. The lowest BCUT2D eigenvalue weighted by molar-refractivity contribution is 0.312. The molecule has 3 heteroatoms. The van der Waals surface area contributed by atoms with E-state index in [1.807, 2.05) is 24.2 Å². The number of rotatable bonds is 5. The molecule has 2 nitrogen and oxygen atoms in total. The van der Waals surface area contributed by atoms with E-state index >= 15 is 0 Å². The van der Waals surface area contributed by atoms with Gasteiger partial charge in [-0.3, -0.25) is 4.98 Å². The minimum absolute atomic E-state index is 0.768. The SMILES string of the molecule is CC1CCC(NCCSc2ccncc2)CC1. The number of aromatic nitrogens is 1. The van der Waals surface area contributed by atoms with Gasteiger partial charge >= 0.3 is 0 Å². The number of hydrogen-bond acceptors (Lipinski definition) is 3. The van der Waals surface area contributed by atoms with Crippen molar-refractivity contribution in [1.82, 2.24) is 10.3 Å². The van der Waals surface area contributed by atoms with Crippen molar-refractivity contribution in [3.63, 3.8) is 0 Å². The molecule has 0 atom stereocenters. The van der Waals surface area contributed by atoms with Gasteiger partial charge in [-0.05, 0) is 43.7 Å². The van der Waals surface area contributed by atoms with Gasteiger partial charge in [0.15, 0.2) is 0 Å². The first-order valence-electron chi connectivity index (χ1n) is 6.61. The number of nitrogens with zero attached hydrogens (tertiary/aromatic N) is 1. The molecular weight excluding hydrogens is 228 g/mol. The minimum atomic E-state index is 0.768. The van der Waals surface area contributed by atoms with Crippen molar-refractivity contribution in [3.05, 3.63) is 24.5 Å². The Morgan fingerprint density at radius 1 is 1.24 bits per heavy atom. The average molecular weight is 250 g/mol. The van der Waals surface area contributed by atoms with Crippen molar-refractivity contribution >= 4 is 11.8 Å². The van der Waals surface area contributed by atoms with Crippen LogP contribution in [0.1, 0.15) is 32.6 Å². The van der Waals surface area contributed by atoms with E-state index in [2.05, 4.69) is 29.4 Å². The van der Waals surface area contributed by atoms with Crippen LogP contribution in [0.25, 0.3) is 0 Å². The van der Waals surface area contributed by atoms with Gasteiger partial charge in [-0.1, -0.05) is 6.92 Å². The molecule has 1 saturated carbocycles. The molecule has 1 N–H and O–H groups in total. The molecule has 0 amide bonds. The molecule has 0 radical (unpaired) electrons. The van der Waals surface area contributed by atoms with Gasteiger partial charge in [-0.2, -0.15) is 0 Å². The molecule has 0 aromatic carbocycles. The maximum atomic E-state index is 4.03. The quantitative estimate of drug-likeness (QED) is 0.641. The molecular formula is C14H22N2S. The largest absolute Gasteiger partial charge is 0.313 e. The van der Waals surface area contributed by atoms with Crippen LogP contribution in [-0.2, 0) is 0 Å². The molecule has 1 aliphatic carbocycles. The number of nitrogens with one attached hydrogen (secondary N) is 1. The Morgan fingerprint density at radius 3 is 2.65 bits per heavy atom. The van der Waals surface area contributed by atoms with Gasteiger partial charge in [0, 0.05) is 35.6 Å². The summed E-state index contributed by atoms with van der Waals surface area (Å²) in [6.45, 7) is 3.49. The summed E-state index contributed by atoms with van der Waals surface area (Å²) in [6.07, 6.45) is 9.24. The van der Waals surface area contributed by atoms with Crippen LogP contribution in [0.2, 0.25) is 0 Å². The van der Waals surface area contributed by atoms with Gasteiger partial charge in [-0.25, -0.2) is 0 Å². The zero-order valence-corrected chi connectivity index (χ0v) is 11.4. The highest BCUT2D eigenvalue weighted by atomic mass is 32.2. The maximum Gasteiger partial charge on any atom is 0.0278 e. The van der Waals surface area contributed by atoms with Crippen molar-refractivity contribution in [1.29, 1.82) is 0 Å². The van der Waals surface area contributed by atoms with Crippen LogP contribution in [0, 0.1) is 5.92 Å². The fourth-order valence-electron chi connectivity index (χ4n) is 2.33. The standard InChI is InChI=1S/C14H22N2S/c1-12-2-4-13(5-3-12)16-10-11-17-14-6-8-15-9-7-14/h6-9,12-13,16H,2-5,10-11H2,1H3. The summed E-state index contributed by atoms with van der Waals surface area (Å²) in [5, 5.41) is 3.68. The number of pyridine rings is 1. The zero-order valence-electron chi connectivity index (χ0n) is 10.6. The van der Waals surface area contributed by atoms with E-state index in [1.165, 1.54) is 30.6 Å². The van der Waals surface area contributed by atoms with Gasteiger partial charge in [0.05, 0.1) is 0 Å². The third-order valence-corrected chi connectivity index (χ3v) is 4.48. The Balaban J connectivity index is 1.57. The molecule has 0 spiro atoms. The van der Waals surface area contributed by atoms with E-state index in [0.29, 0.717) is 0 Å². The van der Waals surface area contributed by atoms with Gasteiger partial charge in [0.1, 0.15) is 0 Å². The summed E-state index contributed by atoms with van der Waals surface area (Å²) in [7, 11) is 0. The minimum Gasteiger partial charge on any atom is -0.313 e. The smallest absolute Gasteiger partial charge is 0.0278 e. The van der Waals surface area contributed by atoms with E-state index in [1.54, 1.807) is 0 Å². The summed E-state index contributed by atoms with van der Waals surface area (Å²) in [4.78, 5) is 5.34. The van der Waals surface area contributed by atoms with E-state index in [-0.39, 0.29) is 0 Å². The van der Waals surface area contributed by atoms with Gasteiger partial charge < -0.3 is 5.32 Å². The lowest BCUT2D eigenvalue weighted by atomic mass is 9.87. The Kier molecular flexibility index (Phi) is 5.33. The summed E-state index contributed by atoms with van der Waals surface area (Å²) >= 11 is 1.91. The van der Waals surface area contributed by atoms with Crippen LogP contribution in [0.4, 0.5) is 0 Å². The normalized spacial score (nSPS) is 24.8. The maximum absolute atomic E-state index is 4.03. The molecule has 0 bridgehead atoms. The van der Waals surface area contributed by atoms with Crippen LogP contribution < -0.4 is 5.32 Å². The molecule has 0 aliphatic heterocycles. The molecule has 1 aliphatic rings. The molecule has 1 aromatic heterocycles. The molecule has 1 aromatic rings. The highest BCUT2D eigenvalue weighted by molar-refractivity contribution is 7.99. The average Bonchev–Trinajstić information content (AvgIpc) is 2.38. The van der Waals surface area contributed by atoms with Crippen molar-refractivity contribution < 1.29 is 0 Å². The first-order chi connectivity index (χ1) is 8.34. The highest BCUT2D eigenvalue weighted by Crippen LogP contribution is 2.23. The molecule has 0 saturated heterocycles. The molecule has 17 heavy (non-hydrogen) atoms. The first-order valence-corrected chi connectivity index (χ1v) is 7.59. The van der Waals surface area contributed by atoms with Crippen LogP contribution >= 0.6 is 11.8 Å². The van der Waals surface area contributed by atoms with Crippen molar-refractivity contribution in [2.45, 2.75) is 43.5 Å². The summed E-state index contributed by atoms with van der Waals surface area (Å²) in [5.41, 5.74) is 0. The van der Waals surface area contributed by atoms with Gasteiger partial charge in [0.25, 0.3) is 0 Å². The van der Waals surface area contributed by atoms with Crippen LogP contribution in [0.15, 0.2) is 29.4 Å². The molecule has 1 heterocycles. The third-order valence-electron chi connectivity index (χ3n) is 3.47. The first kappa shape index (κ1) is 12.9. The van der Waals surface area contributed by atoms with Crippen LogP contribution in [0.3, 0.4) is 0 Å². The zero-order chi connectivity index (χ0) is 11.9. The van der Waals surface area contributed by atoms with E-state index < -0.39 is 0 Å². The van der Waals surface area contributed by atoms with Crippen molar-refractivity contribution in [2.75, 3.05) is 12.3 Å². The lowest BCUT2D eigenvalue weighted by Crippen LogP contribution is -2.34. The Bertz CT molecular complexity index is 307. The van der Waals surface area contributed by atoms with E-state index in [9.17, 15) is 0 Å². The topological polar surface area (TPSA) is 24.9 Å². The summed E-state index contributed by atoms with van der Waals surface area (Å²) in [6, 6.07) is 4.92. The molecule has 2 rings (SSSR count).